The lowest BCUT2D eigenvalue weighted by Gasteiger charge is -2.32. The SMILES string of the molecule is CCOC(=O)N[C@H]1CCCN(Cn2c(=O)oc3cc(Br)ccc32)C1. The molecular weight excluding hydrogens is 378 g/mol. The molecule has 130 valence electrons. The Kier molecular flexibility index (Phi) is 5.25. The molecule has 1 atom stereocenters. The Hall–Kier alpha value is -1.80. The molecule has 8 heteroatoms. The third-order valence-electron chi connectivity index (χ3n) is 4.07. The van der Waals surface area contributed by atoms with E-state index < -0.39 is 0 Å². The molecule has 0 aliphatic carbocycles. The van der Waals surface area contributed by atoms with E-state index in [1.54, 1.807) is 17.6 Å². The highest BCUT2D eigenvalue weighted by molar-refractivity contribution is 9.10. The maximum atomic E-state index is 12.1. The number of hydrogen-bond acceptors (Lipinski definition) is 5. The quantitative estimate of drug-likeness (QED) is 0.857. The van der Waals surface area contributed by atoms with Gasteiger partial charge in [0.1, 0.15) is 0 Å². The van der Waals surface area contributed by atoms with E-state index in [-0.39, 0.29) is 17.9 Å². The van der Waals surface area contributed by atoms with E-state index in [0.717, 1.165) is 29.4 Å². The van der Waals surface area contributed by atoms with Crippen molar-refractivity contribution in [3.05, 3.63) is 33.2 Å². The van der Waals surface area contributed by atoms with Crippen LogP contribution in [0.4, 0.5) is 4.79 Å². The summed E-state index contributed by atoms with van der Waals surface area (Å²) in [5, 5.41) is 2.87. The number of piperidine rings is 1. The fourth-order valence-electron chi connectivity index (χ4n) is 3.02. The molecule has 24 heavy (non-hydrogen) atoms. The Morgan fingerprint density at radius 3 is 3.12 bits per heavy atom. The van der Waals surface area contributed by atoms with Crippen LogP contribution < -0.4 is 11.1 Å². The second kappa shape index (κ2) is 7.40. The van der Waals surface area contributed by atoms with E-state index in [9.17, 15) is 9.59 Å². The first-order chi connectivity index (χ1) is 11.6. The summed E-state index contributed by atoms with van der Waals surface area (Å²) >= 11 is 3.37. The van der Waals surface area contributed by atoms with Crippen molar-refractivity contribution in [1.29, 1.82) is 0 Å². The predicted molar refractivity (Wildman–Crippen MR) is 92.9 cm³/mol. The van der Waals surface area contributed by atoms with Gasteiger partial charge in [0.05, 0.1) is 18.8 Å². The van der Waals surface area contributed by atoms with Crippen molar-refractivity contribution in [3.8, 4) is 0 Å². The number of aromatic nitrogens is 1. The summed E-state index contributed by atoms with van der Waals surface area (Å²) in [7, 11) is 0. The highest BCUT2D eigenvalue weighted by Gasteiger charge is 2.23. The van der Waals surface area contributed by atoms with E-state index in [4.69, 9.17) is 9.15 Å². The average molecular weight is 398 g/mol. The highest BCUT2D eigenvalue weighted by Crippen LogP contribution is 2.20. The fourth-order valence-corrected chi connectivity index (χ4v) is 3.36. The van der Waals surface area contributed by atoms with Gasteiger partial charge in [0.25, 0.3) is 0 Å². The maximum absolute atomic E-state index is 12.1. The second-order valence-corrected chi connectivity index (χ2v) is 6.75. The van der Waals surface area contributed by atoms with Crippen molar-refractivity contribution >= 4 is 33.1 Å². The van der Waals surface area contributed by atoms with Crippen LogP contribution in [0.25, 0.3) is 11.1 Å². The first kappa shape index (κ1) is 17.0. The van der Waals surface area contributed by atoms with Crippen LogP contribution in [-0.2, 0) is 11.4 Å². The van der Waals surface area contributed by atoms with Crippen molar-refractivity contribution in [2.24, 2.45) is 0 Å². The summed E-state index contributed by atoms with van der Waals surface area (Å²) < 4.78 is 12.7. The highest BCUT2D eigenvalue weighted by atomic mass is 79.9. The minimum Gasteiger partial charge on any atom is -0.450 e. The van der Waals surface area contributed by atoms with Crippen molar-refractivity contribution in [1.82, 2.24) is 14.8 Å². The van der Waals surface area contributed by atoms with Gasteiger partial charge in [-0.3, -0.25) is 9.47 Å². The Morgan fingerprint density at radius 1 is 1.50 bits per heavy atom. The van der Waals surface area contributed by atoms with E-state index in [2.05, 4.69) is 26.1 Å². The van der Waals surface area contributed by atoms with Crippen LogP contribution in [0.2, 0.25) is 0 Å². The van der Waals surface area contributed by atoms with Crippen LogP contribution in [0.1, 0.15) is 19.8 Å². The summed E-state index contributed by atoms with van der Waals surface area (Å²) in [6.45, 7) is 4.12. The Morgan fingerprint density at radius 2 is 2.33 bits per heavy atom. The zero-order valence-corrected chi connectivity index (χ0v) is 15.0. The van der Waals surface area contributed by atoms with E-state index in [1.165, 1.54) is 0 Å². The fraction of sp³-hybridized carbons (Fsp3) is 0.500. The first-order valence-corrected chi connectivity index (χ1v) is 8.80. The van der Waals surface area contributed by atoms with Gasteiger partial charge >= 0.3 is 11.8 Å². The molecule has 7 nitrogen and oxygen atoms in total. The standard InChI is InChI=1S/C16H20BrN3O4/c1-2-23-15(21)18-12-4-3-7-19(9-12)10-20-13-6-5-11(17)8-14(13)24-16(20)22/h5-6,8,12H,2-4,7,9-10H2,1H3,(H,18,21)/t12-/m0/s1. The number of alkyl carbamates (subject to hydrolysis) is 1. The number of nitrogens with zero attached hydrogens (tertiary/aromatic N) is 2. The van der Waals surface area contributed by atoms with Gasteiger partial charge in [-0.2, -0.15) is 0 Å². The lowest BCUT2D eigenvalue weighted by Crippen LogP contribution is -2.48. The predicted octanol–water partition coefficient (Wildman–Crippen LogP) is 2.53. The van der Waals surface area contributed by atoms with Gasteiger partial charge in [-0.1, -0.05) is 15.9 Å². The summed E-state index contributed by atoms with van der Waals surface area (Å²) in [6, 6.07) is 5.56. The third kappa shape index (κ3) is 3.81. The molecule has 1 saturated heterocycles. The molecule has 0 unspecified atom stereocenters. The molecule has 1 amide bonds. The van der Waals surface area contributed by atoms with Gasteiger partial charge in [0.2, 0.25) is 0 Å². The lowest BCUT2D eigenvalue weighted by molar-refractivity contribution is 0.123. The number of carbonyl (C=O) groups excluding carboxylic acids is 1. The second-order valence-electron chi connectivity index (χ2n) is 5.83. The summed E-state index contributed by atoms with van der Waals surface area (Å²) in [6.07, 6.45) is 1.47. The first-order valence-electron chi connectivity index (χ1n) is 8.01. The molecule has 0 spiro atoms. The summed E-state index contributed by atoms with van der Waals surface area (Å²) in [4.78, 5) is 25.8. The molecule has 1 N–H and O–H groups in total. The molecule has 3 rings (SSSR count). The third-order valence-corrected chi connectivity index (χ3v) is 4.57. The van der Waals surface area contributed by atoms with Gasteiger partial charge in [-0.05, 0) is 44.5 Å². The van der Waals surface area contributed by atoms with Crippen molar-refractivity contribution in [2.75, 3.05) is 19.7 Å². The van der Waals surface area contributed by atoms with Crippen LogP contribution in [-0.4, -0.2) is 41.3 Å². The number of hydrogen-bond donors (Lipinski definition) is 1. The smallest absolute Gasteiger partial charge is 0.421 e. The lowest BCUT2D eigenvalue weighted by atomic mass is 10.1. The molecular formula is C16H20BrN3O4. The van der Waals surface area contributed by atoms with Crippen molar-refractivity contribution in [3.63, 3.8) is 0 Å². The number of carbonyl (C=O) groups is 1. The number of rotatable bonds is 4. The molecule has 1 aromatic heterocycles. The molecule has 1 aliphatic rings. The van der Waals surface area contributed by atoms with Gasteiger partial charge in [-0.25, -0.2) is 9.59 Å². The molecule has 0 bridgehead atoms. The number of fused-ring (bicyclic) bond motifs is 1. The topological polar surface area (TPSA) is 76.7 Å². The average Bonchev–Trinajstić information content (AvgIpc) is 2.83. The van der Waals surface area contributed by atoms with E-state index in [1.807, 2.05) is 12.1 Å². The molecule has 2 heterocycles. The zero-order valence-electron chi connectivity index (χ0n) is 13.5. The molecule has 2 aromatic rings. The van der Waals surface area contributed by atoms with E-state index >= 15 is 0 Å². The number of halogens is 1. The number of nitrogens with one attached hydrogen (secondary N) is 1. The molecule has 0 saturated carbocycles. The number of amides is 1. The van der Waals surface area contributed by atoms with Gasteiger partial charge in [0, 0.05) is 17.1 Å². The minimum absolute atomic E-state index is 0.0285. The Labute approximate surface area is 147 Å². The van der Waals surface area contributed by atoms with Crippen LogP contribution in [0, 0.1) is 0 Å². The Balaban J connectivity index is 1.71. The van der Waals surface area contributed by atoms with Gasteiger partial charge in [-0.15, -0.1) is 0 Å². The minimum atomic E-state index is -0.389. The molecule has 1 aliphatic heterocycles. The Bertz CT molecular complexity index is 785. The largest absolute Gasteiger partial charge is 0.450 e. The molecule has 1 fully saturated rings. The van der Waals surface area contributed by atoms with Crippen LogP contribution in [0.3, 0.4) is 0 Å². The van der Waals surface area contributed by atoms with E-state index in [0.29, 0.717) is 25.4 Å². The van der Waals surface area contributed by atoms with Crippen LogP contribution >= 0.6 is 15.9 Å². The van der Waals surface area contributed by atoms with Crippen molar-refractivity contribution in [2.45, 2.75) is 32.5 Å². The number of likely N-dealkylation sites (tertiary alicyclic amines) is 1. The van der Waals surface area contributed by atoms with Crippen LogP contribution in [0.5, 0.6) is 0 Å². The summed E-state index contributed by atoms with van der Waals surface area (Å²) in [5.41, 5.74) is 1.33. The monoisotopic (exact) mass is 397 g/mol. The number of oxazole rings is 1. The normalized spacial score (nSPS) is 18.7. The number of benzene rings is 1. The van der Waals surface area contributed by atoms with Crippen LogP contribution in [0.15, 0.2) is 31.9 Å². The molecule has 0 radical (unpaired) electrons. The van der Waals surface area contributed by atoms with Crippen molar-refractivity contribution < 1.29 is 13.9 Å². The molecule has 1 aromatic carbocycles. The van der Waals surface area contributed by atoms with Gasteiger partial charge < -0.3 is 14.5 Å². The number of ether oxygens (including phenoxy) is 1. The zero-order chi connectivity index (χ0) is 17.1. The maximum Gasteiger partial charge on any atom is 0.421 e. The van der Waals surface area contributed by atoms with Gasteiger partial charge in [0.15, 0.2) is 5.58 Å². The summed E-state index contributed by atoms with van der Waals surface area (Å²) in [5.74, 6) is -0.372.